The summed E-state index contributed by atoms with van der Waals surface area (Å²) in [6.07, 6.45) is -3.14. The third kappa shape index (κ3) is 7.35. The predicted octanol–water partition coefficient (Wildman–Crippen LogP) is 3.25. The standard InChI is InChI=1S/C18H17F3N2O4/c19-18(20,21)27-14-7-4-12(5-8-14)15(11-17(25)26)23-16(24)9-6-13-3-1-2-10-22-13/h1-5,7-8,10,15H,6,9,11H2,(H,23,24)(H,25,26). The minimum Gasteiger partial charge on any atom is -0.481 e. The number of carboxylic acids is 1. The molecule has 9 heteroatoms. The number of hydrogen-bond donors (Lipinski definition) is 2. The lowest BCUT2D eigenvalue weighted by molar-refractivity contribution is -0.274. The fourth-order valence-corrected chi connectivity index (χ4v) is 2.38. The molecule has 1 unspecified atom stereocenters. The topological polar surface area (TPSA) is 88.5 Å². The van der Waals surface area contributed by atoms with E-state index in [1.54, 1.807) is 24.4 Å². The number of rotatable bonds is 8. The van der Waals surface area contributed by atoms with Gasteiger partial charge in [0.05, 0.1) is 12.5 Å². The van der Waals surface area contributed by atoms with Crippen molar-refractivity contribution in [1.29, 1.82) is 0 Å². The minimum atomic E-state index is -4.82. The summed E-state index contributed by atoms with van der Waals surface area (Å²) in [6.45, 7) is 0. The smallest absolute Gasteiger partial charge is 0.481 e. The molecule has 2 rings (SSSR count). The Labute approximate surface area is 153 Å². The molecule has 144 valence electrons. The highest BCUT2D eigenvalue weighted by atomic mass is 19.4. The molecule has 1 heterocycles. The summed E-state index contributed by atoms with van der Waals surface area (Å²) in [4.78, 5) is 27.3. The normalized spacial score (nSPS) is 12.3. The van der Waals surface area contributed by atoms with Crippen molar-refractivity contribution in [2.45, 2.75) is 31.7 Å². The number of benzene rings is 1. The number of aromatic nitrogens is 1. The van der Waals surface area contributed by atoms with Crippen LogP contribution in [-0.4, -0.2) is 28.3 Å². The van der Waals surface area contributed by atoms with Gasteiger partial charge in [0.1, 0.15) is 5.75 Å². The number of nitrogens with zero attached hydrogens (tertiary/aromatic N) is 1. The largest absolute Gasteiger partial charge is 0.573 e. The van der Waals surface area contributed by atoms with Gasteiger partial charge in [-0.05, 0) is 36.2 Å². The molecule has 0 fully saturated rings. The minimum absolute atomic E-state index is 0.0996. The van der Waals surface area contributed by atoms with Gasteiger partial charge in [0.15, 0.2) is 0 Å². The number of aryl methyl sites for hydroxylation is 1. The molecule has 1 aromatic carbocycles. The van der Waals surface area contributed by atoms with Gasteiger partial charge in [-0.1, -0.05) is 18.2 Å². The van der Waals surface area contributed by atoms with Gasteiger partial charge in [0.25, 0.3) is 0 Å². The maximum atomic E-state index is 12.2. The summed E-state index contributed by atoms with van der Waals surface area (Å²) in [7, 11) is 0. The number of nitrogens with one attached hydrogen (secondary N) is 1. The Morgan fingerprint density at radius 1 is 1.15 bits per heavy atom. The van der Waals surface area contributed by atoms with Gasteiger partial charge in [-0.15, -0.1) is 13.2 Å². The number of halogens is 3. The monoisotopic (exact) mass is 382 g/mol. The van der Waals surface area contributed by atoms with Crippen LogP contribution in [0.5, 0.6) is 5.75 Å². The molecule has 0 aliphatic carbocycles. The van der Waals surface area contributed by atoms with Gasteiger partial charge in [-0.3, -0.25) is 14.6 Å². The number of carbonyl (C=O) groups excluding carboxylic acids is 1. The van der Waals surface area contributed by atoms with Crippen molar-refractivity contribution >= 4 is 11.9 Å². The summed E-state index contributed by atoms with van der Waals surface area (Å²) in [5.74, 6) is -1.97. The zero-order chi connectivity index (χ0) is 19.9. The number of aliphatic carboxylic acids is 1. The molecule has 2 aromatic rings. The molecule has 2 N–H and O–H groups in total. The summed E-state index contributed by atoms with van der Waals surface area (Å²) in [5.41, 5.74) is 1.08. The first-order valence-electron chi connectivity index (χ1n) is 8.00. The zero-order valence-electron chi connectivity index (χ0n) is 14.1. The van der Waals surface area contributed by atoms with Crippen LogP contribution < -0.4 is 10.1 Å². The molecule has 1 aromatic heterocycles. The van der Waals surface area contributed by atoms with E-state index in [1.807, 2.05) is 0 Å². The predicted molar refractivity (Wildman–Crippen MR) is 88.8 cm³/mol. The summed E-state index contributed by atoms with van der Waals surface area (Å²) in [5, 5.41) is 11.6. The Hall–Kier alpha value is -3.10. The third-order valence-corrected chi connectivity index (χ3v) is 3.56. The van der Waals surface area contributed by atoms with E-state index in [4.69, 9.17) is 5.11 Å². The van der Waals surface area contributed by atoms with E-state index in [-0.39, 0.29) is 12.3 Å². The molecule has 0 saturated carbocycles. The molecule has 0 spiro atoms. The van der Waals surface area contributed by atoms with Crippen molar-refractivity contribution < 1.29 is 32.6 Å². The number of pyridine rings is 1. The lowest BCUT2D eigenvalue weighted by Gasteiger charge is -2.18. The van der Waals surface area contributed by atoms with Crippen molar-refractivity contribution in [3.8, 4) is 5.75 Å². The van der Waals surface area contributed by atoms with E-state index >= 15 is 0 Å². The van der Waals surface area contributed by atoms with Crippen molar-refractivity contribution in [1.82, 2.24) is 10.3 Å². The van der Waals surface area contributed by atoms with E-state index in [1.165, 1.54) is 12.1 Å². The van der Waals surface area contributed by atoms with Crippen LogP contribution in [0.15, 0.2) is 48.7 Å². The maximum Gasteiger partial charge on any atom is 0.573 e. The number of alkyl halides is 3. The van der Waals surface area contributed by atoms with Crippen LogP contribution in [0.1, 0.15) is 30.1 Å². The summed E-state index contributed by atoms with van der Waals surface area (Å²) >= 11 is 0. The Bertz CT molecular complexity index is 764. The molecule has 27 heavy (non-hydrogen) atoms. The Kier molecular flexibility index (Phi) is 6.75. The molecule has 6 nitrogen and oxygen atoms in total. The van der Waals surface area contributed by atoms with E-state index in [9.17, 15) is 22.8 Å². The third-order valence-electron chi connectivity index (χ3n) is 3.56. The average Bonchev–Trinajstić information content (AvgIpc) is 2.59. The molecule has 0 saturated heterocycles. The van der Waals surface area contributed by atoms with Crippen LogP contribution >= 0.6 is 0 Å². The molecular formula is C18H17F3N2O4. The first kappa shape index (κ1) is 20.2. The molecule has 0 bridgehead atoms. The van der Waals surface area contributed by atoms with Crippen LogP contribution in [0.2, 0.25) is 0 Å². The van der Waals surface area contributed by atoms with Crippen molar-refractivity contribution in [2.24, 2.45) is 0 Å². The Morgan fingerprint density at radius 2 is 1.85 bits per heavy atom. The Balaban J connectivity index is 2.01. The van der Waals surface area contributed by atoms with Crippen LogP contribution in [0.25, 0.3) is 0 Å². The zero-order valence-corrected chi connectivity index (χ0v) is 14.1. The average molecular weight is 382 g/mol. The molecule has 0 radical (unpaired) electrons. The Morgan fingerprint density at radius 3 is 2.41 bits per heavy atom. The fourth-order valence-electron chi connectivity index (χ4n) is 2.38. The van der Waals surface area contributed by atoms with Crippen molar-refractivity contribution in [3.05, 3.63) is 59.9 Å². The second kappa shape index (κ2) is 9.02. The lowest BCUT2D eigenvalue weighted by atomic mass is 10.0. The maximum absolute atomic E-state index is 12.2. The van der Waals surface area contributed by atoms with E-state index < -0.39 is 30.5 Å². The molecule has 0 aliphatic heterocycles. The van der Waals surface area contributed by atoms with E-state index in [0.717, 1.165) is 17.8 Å². The molecule has 0 aliphatic rings. The van der Waals surface area contributed by atoms with Gasteiger partial charge in [-0.25, -0.2) is 0 Å². The summed E-state index contributed by atoms with van der Waals surface area (Å²) < 4.78 is 40.4. The van der Waals surface area contributed by atoms with Gasteiger partial charge < -0.3 is 15.2 Å². The van der Waals surface area contributed by atoms with Gasteiger partial charge in [0.2, 0.25) is 5.91 Å². The van der Waals surface area contributed by atoms with Gasteiger partial charge in [0, 0.05) is 18.3 Å². The van der Waals surface area contributed by atoms with Crippen LogP contribution in [0, 0.1) is 0 Å². The fraction of sp³-hybridized carbons (Fsp3) is 0.278. The molecular weight excluding hydrogens is 365 g/mol. The highest BCUT2D eigenvalue weighted by Gasteiger charge is 2.31. The van der Waals surface area contributed by atoms with Gasteiger partial charge >= 0.3 is 12.3 Å². The first-order valence-corrected chi connectivity index (χ1v) is 8.00. The SMILES string of the molecule is O=C(O)CC(NC(=O)CCc1ccccn1)c1ccc(OC(F)(F)F)cc1. The highest BCUT2D eigenvalue weighted by Crippen LogP contribution is 2.25. The lowest BCUT2D eigenvalue weighted by Crippen LogP contribution is -2.30. The van der Waals surface area contributed by atoms with Crippen molar-refractivity contribution in [3.63, 3.8) is 0 Å². The quantitative estimate of drug-likeness (QED) is 0.732. The van der Waals surface area contributed by atoms with E-state index in [0.29, 0.717) is 12.0 Å². The van der Waals surface area contributed by atoms with Crippen LogP contribution in [0.4, 0.5) is 13.2 Å². The van der Waals surface area contributed by atoms with Gasteiger partial charge in [-0.2, -0.15) is 0 Å². The summed E-state index contributed by atoms with van der Waals surface area (Å²) in [6, 6.07) is 9.13. The second-order valence-corrected chi connectivity index (χ2v) is 5.66. The number of carboxylic acid groups (broad SMARTS) is 1. The number of ether oxygens (including phenoxy) is 1. The van der Waals surface area contributed by atoms with Crippen molar-refractivity contribution in [2.75, 3.05) is 0 Å². The molecule has 1 amide bonds. The molecule has 1 atom stereocenters. The number of hydrogen-bond acceptors (Lipinski definition) is 4. The van der Waals surface area contributed by atoms with Crippen LogP contribution in [0.3, 0.4) is 0 Å². The number of carbonyl (C=O) groups is 2. The van der Waals surface area contributed by atoms with E-state index in [2.05, 4.69) is 15.0 Å². The highest BCUT2D eigenvalue weighted by molar-refractivity contribution is 5.78. The number of amides is 1. The second-order valence-electron chi connectivity index (χ2n) is 5.66. The van der Waals surface area contributed by atoms with Crippen LogP contribution in [-0.2, 0) is 16.0 Å². The first-order chi connectivity index (χ1) is 12.7.